The summed E-state index contributed by atoms with van der Waals surface area (Å²) < 4.78 is 30.2. The predicted octanol–water partition coefficient (Wildman–Crippen LogP) is 4.40. The first-order valence-corrected chi connectivity index (χ1v) is 10.6. The van der Waals surface area contributed by atoms with Gasteiger partial charge in [0.05, 0.1) is 12.2 Å². The van der Waals surface area contributed by atoms with Gasteiger partial charge in [0.1, 0.15) is 22.9 Å². The number of hydrogen-bond donors (Lipinski definition) is 1. The lowest BCUT2D eigenvalue weighted by atomic mass is 9.93. The largest absolute Gasteiger partial charge is 0.351 e. The Bertz CT molecular complexity index is 1200. The van der Waals surface area contributed by atoms with E-state index in [9.17, 15) is 18.4 Å². The number of nitrogens with one attached hydrogen (secondary N) is 1. The highest BCUT2D eigenvalue weighted by atomic mass is 19.1. The van der Waals surface area contributed by atoms with Gasteiger partial charge in [0.15, 0.2) is 0 Å². The van der Waals surface area contributed by atoms with Gasteiger partial charge in [-0.25, -0.2) is 8.78 Å². The van der Waals surface area contributed by atoms with Gasteiger partial charge < -0.3 is 9.88 Å². The topological polar surface area (TPSA) is 54.3 Å². The van der Waals surface area contributed by atoms with Crippen LogP contribution in [-0.4, -0.2) is 28.0 Å². The second-order valence-corrected chi connectivity index (χ2v) is 8.64. The van der Waals surface area contributed by atoms with Crippen LogP contribution in [0.25, 0.3) is 10.9 Å². The third-order valence-corrected chi connectivity index (χ3v) is 6.52. The van der Waals surface area contributed by atoms with Gasteiger partial charge in [-0.1, -0.05) is 31.0 Å². The van der Waals surface area contributed by atoms with E-state index >= 15 is 0 Å². The highest BCUT2D eigenvalue weighted by Gasteiger charge is 2.49. The zero-order chi connectivity index (χ0) is 21.8. The second-order valence-electron chi connectivity index (χ2n) is 8.64. The smallest absolute Gasteiger partial charge is 0.276 e. The number of carbonyl (C=O) groups is 2. The number of benzene rings is 2. The Morgan fingerprint density at radius 1 is 1.10 bits per heavy atom. The number of amides is 2. The lowest BCUT2D eigenvalue weighted by molar-refractivity contribution is -0.127. The van der Waals surface area contributed by atoms with E-state index < -0.39 is 23.1 Å². The van der Waals surface area contributed by atoms with Crippen molar-refractivity contribution in [3.8, 4) is 0 Å². The molecule has 7 heteroatoms. The first-order chi connectivity index (χ1) is 14.9. The van der Waals surface area contributed by atoms with Crippen LogP contribution in [0.2, 0.25) is 0 Å². The van der Waals surface area contributed by atoms with E-state index in [2.05, 4.69) is 5.32 Å². The Hall–Kier alpha value is -3.22. The molecular weight excluding hydrogens is 400 g/mol. The maximum absolute atomic E-state index is 14.8. The molecule has 5 rings (SSSR count). The number of halogens is 2. The van der Waals surface area contributed by atoms with E-state index in [0.717, 1.165) is 48.7 Å². The van der Waals surface area contributed by atoms with Gasteiger partial charge in [-0.3, -0.25) is 14.5 Å². The van der Waals surface area contributed by atoms with Gasteiger partial charge in [0.25, 0.3) is 5.91 Å². The van der Waals surface area contributed by atoms with E-state index in [0.29, 0.717) is 5.69 Å². The van der Waals surface area contributed by atoms with Crippen LogP contribution < -0.4 is 10.2 Å². The molecule has 160 valence electrons. The standard InChI is InChI=1S/C24H23F2N3O2/c1-24(23(31)27-17-7-3-4-8-17)14-28-19-9-5-2-6-15(19)12-21(28)22(30)29(24)20-11-10-16(25)13-18(20)26/h2,5-6,9-13,17H,3-4,7-8,14H2,1H3,(H,27,31). The molecule has 31 heavy (non-hydrogen) atoms. The van der Waals surface area contributed by atoms with E-state index in [1.54, 1.807) is 13.0 Å². The molecule has 0 spiro atoms. The normalized spacial score (nSPS) is 21.5. The summed E-state index contributed by atoms with van der Waals surface area (Å²) in [6, 6.07) is 12.4. The van der Waals surface area contributed by atoms with Crippen molar-refractivity contribution in [2.45, 2.75) is 50.7 Å². The molecule has 1 aliphatic heterocycles. The fourth-order valence-corrected chi connectivity index (χ4v) is 4.90. The summed E-state index contributed by atoms with van der Waals surface area (Å²) >= 11 is 0. The van der Waals surface area contributed by atoms with Crippen LogP contribution in [0.5, 0.6) is 0 Å². The van der Waals surface area contributed by atoms with Crippen molar-refractivity contribution in [1.29, 1.82) is 0 Å². The Balaban J connectivity index is 1.66. The van der Waals surface area contributed by atoms with Gasteiger partial charge in [0.2, 0.25) is 5.91 Å². The van der Waals surface area contributed by atoms with Gasteiger partial charge in [0, 0.05) is 23.0 Å². The highest BCUT2D eigenvalue weighted by Crippen LogP contribution is 2.37. The molecule has 2 aliphatic rings. The number of fused-ring (bicyclic) bond motifs is 3. The molecule has 0 saturated heterocycles. The van der Waals surface area contributed by atoms with Crippen molar-refractivity contribution in [3.05, 3.63) is 65.9 Å². The minimum atomic E-state index is -1.38. The molecule has 2 heterocycles. The van der Waals surface area contributed by atoms with E-state index in [4.69, 9.17) is 0 Å². The number of carbonyl (C=O) groups excluding carboxylic acids is 2. The van der Waals surface area contributed by atoms with Gasteiger partial charge >= 0.3 is 0 Å². The second kappa shape index (κ2) is 7.18. The van der Waals surface area contributed by atoms with Crippen LogP contribution in [0.4, 0.5) is 14.5 Å². The van der Waals surface area contributed by atoms with Crippen LogP contribution in [0.1, 0.15) is 43.1 Å². The number of anilines is 1. The summed E-state index contributed by atoms with van der Waals surface area (Å²) in [6.07, 6.45) is 3.86. The Labute approximate surface area is 178 Å². The average molecular weight is 423 g/mol. The summed E-state index contributed by atoms with van der Waals surface area (Å²) in [5, 5.41) is 3.94. The summed E-state index contributed by atoms with van der Waals surface area (Å²) in [5.74, 6) is -2.44. The van der Waals surface area contributed by atoms with Crippen molar-refractivity contribution < 1.29 is 18.4 Å². The summed E-state index contributed by atoms with van der Waals surface area (Å²) in [5.41, 5.74) is -0.277. The number of nitrogens with zero attached hydrogens (tertiary/aromatic N) is 2. The molecule has 5 nitrogen and oxygen atoms in total. The Morgan fingerprint density at radius 2 is 1.84 bits per heavy atom. The molecular formula is C24H23F2N3O2. The molecule has 1 aliphatic carbocycles. The van der Waals surface area contributed by atoms with Crippen molar-refractivity contribution in [2.75, 3.05) is 4.90 Å². The molecule has 1 N–H and O–H groups in total. The highest BCUT2D eigenvalue weighted by molar-refractivity contribution is 6.14. The molecule has 1 fully saturated rings. The zero-order valence-electron chi connectivity index (χ0n) is 17.2. The number of hydrogen-bond acceptors (Lipinski definition) is 2. The van der Waals surface area contributed by atoms with Gasteiger partial charge in [-0.05, 0) is 44.0 Å². The first-order valence-electron chi connectivity index (χ1n) is 10.6. The molecule has 1 unspecified atom stereocenters. The predicted molar refractivity (Wildman–Crippen MR) is 114 cm³/mol. The van der Waals surface area contributed by atoms with E-state index in [1.165, 1.54) is 11.0 Å². The monoisotopic (exact) mass is 423 g/mol. The van der Waals surface area contributed by atoms with E-state index in [-0.39, 0.29) is 24.2 Å². The number of aromatic nitrogens is 1. The van der Waals surface area contributed by atoms with Crippen molar-refractivity contribution in [3.63, 3.8) is 0 Å². The van der Waals surface area contributed by atoms with Crippen LogP contribution in [0.3, 0.4) is 0 Å². The Morgan fingerprint density at radius 3 is 2.58 bits per heavy atom. The first kappa shape index (κ1) is 19.7. The number of para-hydroxylation sites is 1. The number of rotatable bonds is 3. The minimum absolute atomic E-state index is 0.0437. The van der Waals surface area contributed by atoms with Crippen LogP contribution in [0.15, 0.2) is 48.5 Å². The Kier molecular flexibility index (Phi) is 4.57. The fourth-order valence-electron chi connectivity index (χ4n) is 4.90. The molecule has 0 bridgehead atoms. The van der Waals surface area contributed by atoms with Crippen LogP contribution in [0, 0.1) is 11.6 Å². The van der Waals surface area contributed by atoms with Crippen molar-refractivity contribution in [1.82, 2.24) is 9.88 Å². The maximum Gasteiger partial charge on any atom is 0.276 e. The third-order valence-electron chi connectivity index (χ3n) is 6.52. The van der Waals surface area contributed by atoms with Gasteiger partial charge in [-0.15, -0.1) is 0 Å². The maximum atomic E-state index is 14.8. The zero-order valence-corrected chi connectivity index (χ0v) is 17.2. The van der Waals surface area contributed by atoms with Crippen molar-refractivity contribution >= 4 is 28.4 Å². The average Bonchev–Trinajstić information content (AvgIpc) is 3.37. The van der Waals surface area contributed by atoms with E-state index in [1.807, 2.05) is 28.8 Å². The molecule has 1 saturated carbocycles. The molecule has 0 radical (unpaired) electrons. The molecule has 2 amide bonds. The fraction of sp³-hybridized carbons (Fsp3) is 0.333. The van der Waals surface area contributed by atoms with Crippen molar-refractivity contribution in [2.24, 2.45) is 0 Å². The van der Waals surface area contributed by atoms with Crippen LogP contribution >= 0.6 is 0 Å². The van der Waals surface area contributed by atoms with Crippen LogP contribution in [-0.2, 0) is 11.3 Å². The molecule has 3 aromatic rings. The third kappa shape index (κ3) is 3.10. The minimum Gasteiger partial charge on any atom is -0.351 e. The lowest BCUT2D eigenvalue weighted by Crippen LogP contribution is -2.65. The molecule has 2 aromatic carbocycles. The summed E-state index contributed by atoms with van der Waals surface area (Å²) in [7, 11) is 0. The van der Waals surface area contributed by atoms with Gasteiger partial charge in [-0.2, -0.15) is 0 Å². The molecule has 1 atom stereocenters. The SMILES string of the molecule is CC1(C(=O)NC2CCCC2)Cn2c(cc3ccccc32)C(=O)N1c1ccc(F)cc1F. The lowest BCUT2D eigenvalue weighted by Gasteiger charge is -2.44. The summed E-state index contributed by atoms with van der Waals surface area (Å²) in [6.45, 7) is 1.81. The summed E-state index contributed by atoms with van der Waals surface area (Å²) in [4.78, 5) is 28.4. The molecule has 1 aromatic heterocycles. The quantitative estimate of drug-likeness (QED) is 0.679.